The molecule has 2 N–H and O–H groups in total. The van der Waals surface area contributed by atoms with E-state index in [4.69, 9.17) is 0 Å². The lowest BCUT2D eigenvalue weighted by molar-refractivity contribution is -0.139. The Balaban J connectivity index is 2.02. The maximum absolute atomic E-state index is 11.2. The van der Waals surface area contributed by atoms with Crippen molar-refractivity contribution < 1.29 is 15.0 Å². The fraction of sp³-hybridized carbons (Fsp3) is 0.286. The summed E-state index contributed by atoms with van der Waals surface area (Å²) < 4.78 is 1.92. The van der Waals surface area contributed by atoms with Crippen molar-refractivity contribution in [1.82, 2.24) is 9.55 Å². The Morgan fingerprint density at radius 1 is 1.32 bits per heavy atom. The quantitative estimate of drug-likeness (QED) is 0.866. The van der Waals surface area contributed by atoms with Gasteiger partial charge in [-0.2, -0.15) is 0 Å². The minimum atomic E-state index is -0.816. The van der Waals surface area contributed by atoms with Crippen LogP contribution in [-0.4, -0.2) is 25.7 Å². The van der Waals surface area contributed by atoms with Gasteiger partial charge in [0.1, 0.15) is 17.5 Å². The highest BCUT2D eigenvalue weighted by Gasteiger charge is 2.28. The zero-order valence-electron chi connectivity index (χ0n) is 10.3. The Hall–Kier alpha value is -2.30. The lowest BCUT2D eigenvalue weighted by atomic mass is 9.99. The Morgan fingerprint density at radius 3 is 2.74 bits per heavy atom. The summed E-state index contributed by atoms with van der Waals surface area (Å²) in [5.74, 6) is -0.499. The first-order chi connectivity index (χ1) is 9.15. The number of carboxylic acid groups (broad SMARTS) is 1. The molecule has 1 aromatic heterocycles. The summed E-state index contributed by atoms with van der Waals surface area (Å²) in [6.45, 7) is 0.810. The van der Waals surface area contributed by atoms with Crippen molar-refractivity contribution in [3.63, 3.8) is 0 Å². The molecular formula is C14H14N2O3. The third-order valence-electron chi connectivity index (χ3n) is 3.47. The van der Waals surface area contributed by atoms with Crippen molar-refractivity contribution >= 4 is 5.97 Å². The van der Waals surface area contributed by atoms with Crippen molar-refractivity contribution in [2.45, 2.75) is 25.3 Å². The molecule has 5 nitrogen and oxygen atoms in total. The van der Waals surface area contributed by atoms with E-state index in [1.165, 1.54) is 0 Å². The average molecular weight is 258 g/mol. The average Bonchev–Trinajstić information content (AvgIpc) is 2.82. The maximum Gasteiger partial charge on any atom is 0.314 e. The Labute approximate surface area is 110 Å². The maximum atomic E-state index is 11.2. The number of benzene rings is 1. The molecule has 19 heavy (non-hydrogen) atoms. The SMILES string of the molecule is O=C(O)C1CCCn2cc(-c3ccc(O)cc3)nc21. The summed E-state index contributed by atoms with van der Waals surface area (Å²) in [5, 5.41) is 18.5. The molecule has 0 saturated carbocycles. The lowest BCUT2D eigenvalue weighted by Crippen LogP contribution is -2.21. The van der Waals surface area contributed by atoms with Crippen LogP contribution in [0.2, 0.25) is 0 Å². The molecule has 2 heterocycles. The van der Waals surface area contributed by atoms with Gasteiger partial charge in [-0.15, -0.1) is 0 Å². The molecule has 1 atom stereocenters. The smallest absolute Gasteiger partial charge is 0.314 e. The van der Waals surface area contributed by atoms with E-state index in [0.717, 1.165) is 24.2 Å². The molecule has 3 rings (SSSR count). The monoisotopic (exact) mass is 258 g/mol. The summed E-state index contributed by atoms with van der Waals surface area (Å²) in [5.41, 5.74) is 1.63. The number of hydrogen-bond donors (Lipinski definition) is 2. The van der Waals surface area contributed by atoms with E-state index in [1.54, 1.807) is 24.3 Å². The van der Waals surface area contributed by atoms with Gasteiger partial charge in [0.15, 0.2) is 0 Å². The molecule has 0 spiro atoms. The number of rotatable bonds is 2. The molecule has 0 saturated heterocycles. The van der Waals surface area contributed by atoms with Crippen LogP contribution in [0.5, 0.6) is 5.75 Å². The van der Waals surface area contributed by atoms with Gasteiger partial charge >= 0.3 is 5.97 Å². The van der Waals surface area contributed by atoms with Crippen LogP contribution in [0.1, 0.15) is 24.6 Å². The largest absolute Gasteiger partial charge is 0.508 e. The van der Waals surface area contributed by atoms with Crippen LogP contribution in [0.25, 0.3) is 11.3 Å². The van der Waals surface area contributed by atoms with Crippen molar-refractivity contribution in [2.75, 3.05) is 0 Å². The summed E-state index contributed by atoms with van der Waals surface area (Å²) in [6, 6.07) is 6.75. The molecule has 1 aliphatic heterocycles. The van der Waals surface area contributed by atoms with E-state index in [2.05, 4.69) is 4.98 Å². The van der Waals surface area contributed by atoms with Gasteiger partial charge in [-0.1, -0.05) is 0 Å². The fourth-order valence-electron chi connectivity index (χ4n) is 2.49. The van der Waals surface area contributed by atoms with Gasteiger partial charge in [0, 0.05) is 18.3 Å². The van der Waals surface area contributed by atoms with Crippen LogP contribution in [0, 0.1) is 0 Å². The zero-order valence-corrected chi connectivity index (χ0v) is 10.3. The summed E-state index contributed by atoms with van der Waals surface area (Å²) in [6.07, 6.45) is 3.38. The Bertz CT molecular complexity index is 616. The highest BCUT2D eigenvalue weighted by molar-refractivity contribution is 5.75. The van der Waals surface area contributed by atoms with Crippen molar-refractivity contribution in [1.29, 1.82) is 0 Å². The Morgan fingerprint density at radius 2 is 2.05 bits per heavy atom. The van der Waals surface area contributed by atoms with E-state index in [-0.39, 0.29) is 5.75 Å². The highest BCUT2D eigenvalue weighted by Crippen LogP contribution is 2.30. The third-order valence-corrected chi connectivity index (χ3v) is 3.47. The van der Waals surface area contributed by atoms with E-state index in [9.17, 15) is 15.0 Å². The molecule has 5 heteroatoms. The van der Waals surface area contributed by atoms with Crippen molar-refractivity contribution in [2.24, 2.45) is 0 Å². The molecule has 1 aliphatic rings. The standard InChI is InChI=1S/C14H14N2O3/c17-10-5-3-9(4-6-10)12-8-16-7-1-2-11(14(18)19)13(16)15-12/h3-6,8,11,17H,1-2,7H2,(H,18,19). The van der Waals surface area contributed by atoms with Gasteiger partial charge in [-0.3, -0.25) is 4.79 Å². The number of hydrogen-bond acceptors (Lipinski definition) is 3. The normalized spacial score (nSPS) is 18.0. The first kappa shape index (κ1) is 11.8. The number of carboxylic acids is 1. The minimum absolute atomic E-state index is 0.205. The van der Waals surface area contributed by atoms with Crippen LogP contribution in [0.15, 0.2) is 30.5 Å². The molecule has 1 unspecified atom stereocenters. The van der Waals surface area contributed by atoms with Gasteiger partial charge in [0.25, 0.3) is 0 Å². The number of phenols is 1. The number of phenolic OH excluding ortho intramolecular Hbond substituents is 1. The first-order valence-corrected chi connectivity index (χ1v) is 6.24. The Kier molecular flexibility index (Phi) is 2.74. The molecule has 0 fully saturated rings. The number of aliphatic carboxylic acids is 1. The van der Waals surface area contributed by atoms with Crippen molar-refractivity contribution in [3.05, 3.63) is 36.3 Å². The van der Waals surface area contributed by atoms with Crippen LogP contribution < -0.4 is 0 Å². The number of fused-ring (bicyclic) bond motifs is 1. The molecule has 0 aliphatic carbocycles. The van der Waals surface area contributed by atoms with E-state index >= 15 is 0 Å². The topological polar surface area (TPSA) is 75.3 Å². The van der Waals surface area contributed by atoms with Crippen LogP contribution in [0.4, 0.5) is 0 Å². The number of imidazole rings is 1. The summed E-state index contributed by atoms with van der Waals surface area (Å²) >= 11 is 0. The molecule has 0 radical (unpaired) electrons. The van der Waals surface area contributed by atoms with Crippen LogP contribution in [-0.2, 0) is 11.3 Å². The van der Waals surface area contributed by atoms with E-state index in [0.29, 0.717) is 12.2 Å². The van der Waals surface area contributed by atoms with Gasteiger partial charge in [-0.25, -0.2) is 4.98 Å². The van der Waals surface area contributed by atoms with Crippen LogP contribution in [0.3, 0.4) is 0 Å². The number of aromatic hydroxyl groups is 1. The van der Waals surface area contributed by atoms with Crippen molar-refractivity contribution in [3.8, 4) is 17.0 Å². The van der Waals surface area contributed by atoms with Gasteiger partial charge in [-0.05, 0) is 37.1 Å². The number of carbonyl (C=O) groups is 1. The van der Waals surface area contributed by atoms with E-state index in [1.807, 2.05) is 10.8 Å². The predicted octanol–water partition coefficient (Wildman–Crippen LogP) is 2.22. The second-order valence-corrected chi connectivity index (χ2v) is 4.76. The number of aryl methyl sites for hydroxylation is 1. The van der Waals surface area contributed by atoms with Crippen LogP contribution >= 0.6 is 0 Å². The molecule has 98 valence electrons. The molecule has 2 aromatic rings. The summed E-state index contributed by atoms with van der Waals surface area (Å²) in [7, 11) is 0. The van der Waals surface area contributed by atoms with Gasteiger partial charge in [0.2, 0.25) is 0 Å². The molecule has 1 aromatic carbocycles. The second kappa shape index (κ2) is 4.42. The number of nitrogens with zero attached hydrogens (tertiary/aromatic N) is 2. The summed E-state index contributed by atoms with van der Waals surface area (Å²) in [4.78, 5) is 15.7. The fourth-order valence-corrected chi connectivity index (χ4v) is 2.49. The minimum Gasteiger partial charge on any atom is -0.508 e. The first-order valence-electron chi connectivity index (χ1n) is 6.24. The third kappa shape index (κ3) is 2.07. The van der Waals surface area contributed by atoms with Gasteiger partial charge < -0.3 is 14.8 Å². The molecule has 0 bridgehead atoms. The number of aromatic nitrogens is 2. The van der Waals surface area contributed by atoms with E-state index < -0.39 is 11.9 Å². The zero-order chi connectivity index (χ0) is 13.4. The highest BCUT2D eigenvalue weighted by atomic mass is 16.4. The lowest BCUT2D eigenvalue weighted by Gasteiger charge is -2.19. The predicted molar refractivity (Wildman–Crippen MR) is 68.9 cm³/mol. The molecule has 0 amide bonds. The van der Waals surface area contributed by atoms with Gasteiger partial charge in [0.05, 0.1) is 5.69 Å². The molecular weight excluding hydrogens is 244 g/mol. The second-order valence-electron chi connectivity index (χ2n) is 4.76.